The number of rotatable bonds is 4. The second-order valence-corrected chi connectivity index (χ2v) is 5.94. The Morgan fingerprint density at radius 1 is 1.29 bits per heavy atom. The molecule has 0 spiro atoms. The normalized spacial score (nSPS) is 22.6. The third-order valence-corrected chi connectivity index (χ3v) is 3.50. The molecular weight excluding hydrogens is 170 g/mol. The Morgan fingerprint density at radius 3 is 2.14 bits per heavy atom. The van der Waals surface area contributed by atoms with Gasteiger partial charge in [-0.25, -0.2) is 0 Å². The molecule has 0 heterocycles. The standard InChI is InChI=1S/C13H25N/c1-6-13(5,11-8-7-9-11)10-14-12(2,3)4/h6,11,14H,1,7-10H2,2-5H3. The zero-order valence-electron chi connectivity index (χ0n) is 10.2. The summed E-state index contributed by atoms with van der Waals surface area (Å²) in [6.45, 7) is 14.1. The van der Waals surface area contributed by atoms with Crippen LogP contribution in [-0.4, -0.2) is 12.1 Å². The average molecular weight is 195 g/mol. The fourth-order valence-electron chi connectivity index (χ4n) is 1.91. The minimum absolute atomic E-state index is 0.216. The van der Waals surface area contributed by atoms with Gasteiger partial charge in [-0.15, -0.1) is 6.58 Å². The van der Waals surface area contributed by atoms with Gasteiger partial charge in [0.15, 0.2) is 0 Å². The van der Waals surface area contributed by atoms with E-state index in [4.69, 9.17) is 0 Å². The fourth-order valence-corrected chi connectivity index (χ4v) is 1.91. The second kappa shape index (κ2) is 4.06. The van der Waals surface area contributed by atoms with Crippen LogP contribution in [0.5, 0.6) is 0 Å². The van der Waals surface area contributed by atoms with Gasteiger partial charge in [-0.1, -0.05) is 19.4 Å². The lowest BCUT2D eigenvalue weighted by atomic mass is 9.66. The van der Waals surface area contributed by atoms with Crippen LogP contribution in [0.3, 0.4) is 0 Å². The first-order valence-corrected chi connectivity index (χ1v) is 5.76. The van der Waals surface area contributed by atoms with Crippen LogP contribution in [0, 0.1) is 11.3 Å². The van der Waals surface area contributed by atoms with Crippen molar-refractivity contribution in [3.8, 4) is 0 Å². The Bertz CT molecular complexity index is 198. The van der Waals surface area contributed by atoms with Crippen molar-refractivity contribution in [1.82, 2.24) is 5.32 Å². The third-order valence-electron chi connectivity index (χ3n) is 3.50. The van der Waals surface area contributed by atoms with Crippen molar-refractivity contribution in [2.75, 3.05) is 6.54 Å². The Hall–Kier alpha value is -0.300. The molecule has 1 unspecified atom stereocenters. The summed E-state index contributed by atoms with van der Waals surface area (Å²) in [5, 5.41) is 3.59. The Labute approximate surface area is 89.0 Å². The maximum absolute atomic E-state index is 4.00. The maximum Gasteiger partial charge on any atom is 0.00968 e. The first-order chi connectivity index (χ1) is 6.37. The van der Waals surface area contributed by atoms with Gasteiger partial charge in [-0.05, 0) is 39.5 Å². The van der Waals surface area contributed by atoms with Crippen LogP contribution in [0.4, 0.5) is 0 Å². The van der Waals surface area contributed by atoms with Gasteiger partial charge in [-0.3, -0.25) is 0 Å². The van der Waals surface area contributed by atoms with Crippen LogP contribution in [-0.2, 0) is 0 Å². The minimum Gasteiger partial charge on any atom is -0.311 e. The van der Waals surface area contributed by atoms with Gasteiger partial charge in [0.1, 0.15) is 0 Å². The smallest absolute Gasteiger partial charge is 0.00968 e. The van der Waals surface area contributed by atoms with Crippen molar-refractivity contribution in [3.05, 3.63) is 12.7 Å². The molecule has 0 saturated heterocycles. The van der Waals surface area contributed by atoms with Gasteiger partial charge in [0.2, 0.25) is 0 Å². The first-order valence-electron chi connectivity index (χ1n) is 5.76. The molecule has 0 radical (unpaired) electrons. The highest BCUT2D eigenvalue weighted by molar-refractivity contribution is 5.01. The summed E-state index contributed by atoms with van der Waals surface area (Å²) in [7, 11) is 0. The summed E-state index contributed by atoms with van der Waals surface area (Å²) in [5.41, 5.74) is 0.513. The second-order valence-electron chi connectivity index (χ2n) is 5.94. The molecule has 1 saturated carbocycles. The highest BCUT2D eigenvalue weighted by Crippen LogP contribution is 2.42. The molecule has 1 nitrogen and oxygen atoms in total. The summed E-state index contributed by atoms with van der Waals surface area (Å²) in [4.78, 5) is 0. The van der Waals surface area contributed by atoms with Crippen molar-refractivity contribution in [3.63, 3.8) is 0 Å². The monoisotopic (exact) mass is 195 g/mol. The molecule has 1 aliphatic carbocycles. The quantitative estimate of drug-likeness (QED) is 0.678. The van der Waals surface area contributed by atoms with E-state index < -0.39 is 0 Å². The van der Waals surface area contributed by atoms with Crippen molar-refractivity contribution >= 4 is 0 Å². The molecule has 1 heteroatoms. The van der Waals surface area contributed by atoms with Crippen LogP contribution in [0.15, 0.2) is 12.7 Å². The van der Waals surface area contributed by atoms with Gasteiger partial charge in [-0.2, -0.15) is 0 Å². The zero-order chi connectivity index (χ0) is 10.8. The predicted molar refractivity (Wildman–Crippen MR) is 63.4 cm³/mol. The molecule has 0 aromatic rings. The van der Waals surface area contributed by atoms with E-state index in [1.54, 1.807) is 0 Å². The van der Waals surface area contributed by atoms with Crippen LogP contribution >= 0.6 is 0 Å². The van der Waals surface area contributed by atoms with Gasteiger partial charge < -0.3 is 5.32 Å². The number of hydrogen-bond acceptors (Lipinski definition) is 1. The summed E-state index contributed by atoms with van der Waals surface area (Å²) in [6.07, 6.45) is 6.32. The van der Waals surface area contributed by atoms with E-state index in [-0.39, 0.29) is 5.54 Å². The van der Waals surface area contributed by atoms with E-state index in [0.717, 1.165) is 12.5 Å². The molecule has 0 aromatic carbocycles. The SMILES string of the molecule is C=CC(C)(CNC(C)(C)C)C1CCC1. The third kappa shape index (κ3) is 2.84. The van der Waals surface area contributed by atoms with E-state index in [9.17, 15) is 0 Å². The molecule has 1 fully saturated rings. The first kappa shape index (κ1) is 11.8. The lowest BCUT2D eigenvalue weighted by Crippen LogP contribution is -2.46. The highest BCUT2D eigenvalue weighted by Gasteiger charge is 2.35. The van der Waals surface area contributed by atoms with E-state index in [2.05, 4.69) is 45.7 Å². The molecular formula is C13H25N. The van der Waals surface area contributed by atoms with Crippen LogP contribution in [0.1, 0.15) is 47.0 Å². The zero-order valence-corrected chi connectivity index (χ0v) is 10.2. The lowest BCUT2D eigenvalue weighted by molar-refractivity contribution is 0.138. The molecule has 14 heavy (non-hydrogen) atoms. The van der Waals surface area contributed by atoms with Crippen LogP contribution in [0.25, 0.3) is 0 Å². The molecule has 82 valence electrons. The van der Waals surface area contributed by atoms with E-state index in [1.165, 1.54) is 19.3 Å². The topological polar surface area (TPSA) is 12.0 Å². The molecule has 0 aromatic heterocycles. The van der Waals surface area contributed by atoms with Crippen molar-refractivity contribution in [1.29, 1.82) is 0 Å². The fraction of sp³-hybridized carbons (Fsp3) is 0.846. The molecule has 1 N–H and O–H groups in total. The lowest BCUT2D eigenvalue weighted by Gasteiger charge is -2.42. The summed E-state index contributed by atoms with van der Waals surface area (Å²) in [5.74, 6) is 0.856. The van der Waals surface area contributed by atoms with Gasteiger partial charge in [0.25, 0.3) is 0 Å². The molecule has 1 aliphatic rings. The molecule has 0 bridgehead atoms. The highest BCUT2D eigenvalue weighted by atomic mass is 15.0. The van der Waals surface area contributed by atoms with Crippen molar-refractivity contribution in [2.24, 2.45) is 11.3 Å². The molecule has 0 aliphatic heterocycles. The Morgan fingerprint density at radius 2 is 1.86 bits per heavy atom. The summed E-state index contributed by atoms with van der Waals surface area (Å²) in [6, 6.07) is 0. The van der Waals surface area contributed by atoms with Crippen LogP contribution in [0.2, 0.25) is 0 Å². The molecule has 0 amide bonds. The molecule has 1 rings (SSSR count). The Balaban J connectivity index is 2.48. The summed E-state index contributed by atoms with van der Waals surface area (Å²) < 4.78 is 0. The van der Waals surface area contributed by atoms with Gasteiger partial charge in [0, 0.05) is 17.5 Å². The molecule has 1 atom stereocenters. The largest absolute Gasteiger partial charge is 0.311 e. The minimum atomic E-state index is 0.216. The van der Waals surface area contributed by atoms with Crippen molar-refractivity contribution < 1.29 is 0 Å². The number of nitrogens with one attached hydrogen (secondary N) is 1. The average Bonchev–Trinajstić information content (AvgIpc) is 1.96. The van der Waals surface area contributed by atoms with E-state index in [1.807, 2.05) is 0 Å². The maximum atomic E-state index is 4.00. The predicted octanol–water partition coefficient (Wildman–Crippen LogP) is 3.37. The number of hydrogen-bond donors (Lipinski definition) is 1. The summed E-state index contributed by atoms with van der Waals surface area (Å²) >= 11 is 0. The van der Waals surface area contributed by atoms with Crippen LogP contribution < -0.4 is 5.32 Å². The van der Waals surface area contributed by atoms with E-state index >= 15 is 0 Å². The van der Waals surface area contributed by atoms with Crippen molar-refractivity contribution in [2.45, 2.75) is 52.5 Å². The van der Waals surface area contributed by atoms with E-state index in [0.29, 0.717) is 5.41 Å². The van der Waals surface area contributed by atoms with Gasteiger partial charge >= 0.3 is 0 Å². The van der Waals surface area contributed by atoms with Gasteiger partial charge in [0.05, 0.1) is 0 Å². The Kier molecular flexibility index (Phi) is 3.41.